The minimum absolute atomic E-state index is 0.146. The molecule has 128 valence electrons. The van der Waals surface area contributed by atoms with Crippen molar-refractivity contribution in [2.24, 2.45) is 0 Å². The van der Waals surface area contributed by atoms with Crippen molar-refractivity contribution in [2.45, 2.75) is 27.3 Å². The number of hydrogen-bond acceptors (Lipinski definition) is 3. The third kappa shape index (κ3) is 4.59. The Morgan fingerprint density at radius 3 is 2.54 bits per heavy atom. The molecule has 0 aromatic heterocycles. The third-order valence-electron chi connectivity index (χ3n) is 3.73. The van der Waals surface area contributed by atoms with E-state index in [4.69, 9.17) is 4.74 Å². The zero-order valence-corrected chi connectivity index (χ0v) is 15.1. The van der Waals surface area contributed by atoms with Crippen LogP contribution in [-0.2, 0) is 6.54 Å². The molecule has 1 amide bonds. The fraction of sp³-hybridized carbons (Fsp3) is 0.350. The maximum Gasteiger partial charge on any atom is 0.259 e. The molecule has 1 N–H and O–H groups in total. The Bertz CT molecular complexity index is 724. The van der Waals surface area contributed by atoms with Gasteiger partial charge in [-0.3, -0.25) is 4.79 Å². The Morgan fingerprint density at radius 2 is 1.88 bits per heavy atom. The summed E-state index contributed by atoms with van der Waals surface area (Å²) in [7, 11) is 4.05. The van der Waals surface area contributed by atoms with E-state index in [0.29, 0.717) is 17.9 Å². The van der Waals surface area contributed by atoms with Crippen molar-refractivity contribution in [1.82, 2.24) is 4.90 Å². The summed E-state index contributed by atoms with van der Waals surface area (Å²) in [6.07, 6.45) is 0. The number of nitrogens with one attached hydrogen (secondary N) is 1. The molecule has 0 saturated heterocycles. The summed E-state index contributed by atoms with van der Waals surface area (Å²) >= 11 is 0. The van der Waals surface area contributed by atoms with Gasteiger partial charge in [-0.2, -0.15) is 0 Å². The fourth-order valence-corrected chi connectivity index (χ4v) is 2.56. The van der Waals surface area contributed by atoms with E-state index in [9.17, 15) is 4.79 Å². The van der Waals surface area contributed by atoms with E-state index in [1.807, 2.05) is 65.2 Å². The summed E-state index contributed by atoms with van der Waals surface area (Å²) in [4.78, 5) is 14.8. The molecular weight excluding hydrogens is 300 g/mol. The van der Waals surface area contributed by atoms with Gasteiger partial charge in [-0.05, 0) is 64.2 Å². The van der Waals surface area contributed by atoms with Crippen molar-refractivity contribution in [1.29, 1.82) is 0 Å². The highest BCUT2D eigenvalue weighted by molar-refractivity contribution is 6.06. The quantitative estimate of drug-likeness (QED) is 0.872. The summed E-state index contributed by atoms with van der Waals surface area (Å²) in [6.45, 7) is 7.24. The van der Waals surface area contributed by atoms with Gasteiger partial charge in [-0.15, -0.1) is 0 Å². The van der Waals surface area contributed by atoms with Crippen LogP contribution in [0.1, 0.15) is 34.0 Å². The molecule has 0 aliphatic rings. The van der Waals surface area contributed by atoms with E-state index in [2.05, 4.69) is 16.3 Å². The topological polar surface area (TPSA) is 41.6 Å². The lowest BCUT2D eigenvalue weighted by Crippen LogP contribution is -2.16. The average Bonchev–Trinajstić information content (AvgIpc) is 2.52. The van der Waals surface area contributed by atoms with Crippen molar-refractivity contribution in [3.05, 3.63) is 58.7 Å². The summed E-state index contributed by atoms with van der Waals surface area (Å²) in [6, 6.07) is 11.8. The van der Waals surface area contributed by atoms with E-state index >= 15 is 0 Å². The Balaban J connectivity index is 2.28. The number of anilines is 1. The smallest absolute Gasteiger partial charge is 0.259 e. The average molecular weight is 326 g/mol. The van der Waals surface area contributed by atoms with Gasteiger partial charge in [0.05, 0.1) is 12.2 Å². The Morgan fingerprint density at radius 1 is 1.12 bits per heavy atom. The number of benzene rings is 2. The van der Waals surface area contributed by atoms with E-state index in [1.165, 1.54) is 0 Å². The number of rotatable bonds is 6. The molecule has 0 heterocycles. The monoisotopic (exact) mass is 326 g/mol. The lowest BCUT2D eigenvalue weighted by Gasteiger charge is -2.15. The first-order chi connectivity index (χ1) is 11.4. The summed E-state index contributed by atoms with van der Waals surface area (Å²) in [5, 5.41) is 3.03. The normalized spacial score (nSPS) is 10.8. The van der Waals surface area contributed by atoms with Crippen LogP contribution in [0.2, 0.25) is 0 Å². The summed E-state index contributed by atoms with van der Waals surface area (Å²) in [5.74, 6) is 0.468. The molecule has 2 aromatic rings. The van der Waals surface area contributed by atoms with Crippen molar-refractivity contribution in [2.75, 3.05) is 26.0 Å². The standard InChI is InChI=1S/C20H26N2O2/c1-6-24-19-10-7-14(2)11-17(19)20(23)21-18-12-16(13-22(4)5)9-8-15(18)3/h7-12H,6,13H2,1-5H3,(H,21,23). The van der Waals surface area contributed by atoms with Crippen molar-refractivity contribution < 1.29 is 9.53 Å². The minimum atomic E-state index is -0.146. The number of hydrogen-bond donors (Lipinski definition) is 1. The number of carbonyl (C=O) groups is 1. The van der Waals surface area contributed by atoms with Crippen LogP contribution in [0, 0.1) is 13.8 Å². The fourth-order valence-electron chi connectivity index (χ4n) is 2.56. The molecule has 0 saturated carbocycles. The molecular formula is C20H26N2O2. The van der Waals surface area contributed by atoms with Crippen LogP contribution in [0.25, 0.3) is 0 Å². The van der Waals surface area contributed by atoms with Gasteiger partial charge in [0.25, 0.3) is 5.91 Å². The van der Waals surface area contributed by atoms with Gasteiger partial charge in [0, 0.05) is 12.2 Å². The zero-order chi connectivity index (χ0) is 17.7. The SMILES string of the molecule is CCOc1ccc(C)cc1C(=O)Nc1cc(CN(C)C)ccc1C. The van der Waals surface area contributed by atoms with Crippen LogP contribution in [0.15, 0.2) is 36.4 Å². The molecule has 0 bridgehead atoms. The van der Waals surface area contributed by atoms with Gasteiger partial charge in [-0.25, -0.2) is 0 Å². The second-order valence-electron chi connectivity index (χ2n) is 6.27. The van der Waals surface area contributed by atoms with Gasteiger partial charge in [0.2, 0.25) is 0 Å². The Labute approximate surface area is 144 Å². The molecule has 0 radical (unpaired) electrons. The second-order valence-corrected chi connectivity index (χ2v) is 6.27. The van der Waals surface area contributed by atoms with Crippen molar-refractivity contribution in [3.63, 3.8) is 0 Å². The molecule has 0 unspecified atom stereocenters. The van der Waals surface area contributed by atoms with Gasteiger partial charge in [0.15, 0.2) is 0 Å². The lowest BCUT2D eigenvalue weighted by atomic mass is 10.1. The molecule has 2 aromatic carbocycles. The number of aryl methyl sites for hydroxylation is 2. The zero-order valence-electron chi connectivity index (χ0n) is 15.1. The van der Waals surface area contributed by atoms with Crippen LogP contribution in [-0.4, -0.2) is 31.5 Å². The Kier molecular flexibility index (Phi) is 5.99. The highest BCUT2D eigenvalue weighted by atomic mass is 16.5. The minimum Gasteiger partial charge on any atom is -0.493 e. The summed E-state index contributed by atoms with van der Waals surface area (Å²) < 4.78 is 5.59. The molecule has 0 atom stereocenters. The first-order valence-corrected chi connectivity index (χ1v) is 8.19. The molecule has 24 heavy (non-hydrogen) atoms. The van der Waals surface area contributed by atoms with Crippen LogP contribution < -0.4 is 10.1 Å². The first kappa shape index (κ1) is 18.0. The summed E-state index contributed by atoms with van der Waals surface area (Å²) in [5.41, 5.74) is 4.63. The highest BCUT2D eigenvalue weighted by Crippen LogP contribution is 2.23. The molecule has 0 aliphatic carbocycles. The van der Waals surface area contributed by atoms with Crippen LogP contribution in [0.4, 0.5) is 5.69 Å². The van der Waals surface area contributed by atoms with Gasteiger partial charge in [0.1, 0.15) is 5.75 Å². The predicted molar refractivity (Wildman–Crippen MR) is 98.9 cm³/mol. The van der Waals surface area contributed by atoms with E-state index < -0.39 is 0 Å². The van der Waals surface area contributed by atoms with Crippen LogP contribution in [0.3, 0.4) is 0 Å². The molecule has 0 fully saturated rings. The van der Waals surface area contributed by atoms with E-state index in [0.717, 1.165) is 28.9 Å². The van der Waals surface area contributed by atoms with Gasteiger partial charge >= 0.3 is 0 Å². The molecule has 0 spiro atoms. The number of carbonyl (C=O) groups excluding carboxylic acids is 1. The molecule has 4 heteroatoms. The lowest BCUT2D eigenvalue weighted by molar-refractivity contribution is 0.102. The predicted octanol–water partition coefficient (Wildman–Crippen LogP) is 4.02. The molecule has 0 aliphatic heterocycles. The molecule has 4 nitrogen and oxygen atoms in total. The van der Waals surface area contributed by atoms with Crippen LogP contribution in [0.5, 0.6) is 5.75 Å². The van der Waals surface area contributed by atoms with Crippen molar-refractivity contribution in [3.8, 4) is 5.75 Å². The second kappa shape index (κ2) is 7.97. The van der Waals surface area contributed by atoms with Crippen molar-refractivity contribution >= 4 is 11.6 Å². The van der Waals surface area contributed by atoms with E-state index in [-0.39, 0.29) is 5.91 Å². The van der Waals surface area contributed by atoms with E-state index in [1.54, 1.807) is 0 Å². The van der Waals surface area contributed by atoms with Gasteiger partial charge in [-0.1, -0.05) is 23.8 Å². The maximum atomic E-state index is 12.7. The maximum absolute atomic E-state index is 12.7. The van der Waals surface area contributed by atoms with Crippen LogP contribution >= 0.6 is 0 Å². The van der Waals surface area contributed by atoms with Gasteiger partial charge < -0.3 is 15.0 Å². The number of ether oxygens (including phenoxy) is 1. The highest BCUT2D eigenvalue weighted by Gasteiger charge is 2.14. The number of nitrogens with zero attached hydrogens (tertiary/aromatic N) is 1. The third-order valence-corrected chi connectivity index (χ3v) is 3.73. The molecule has 2 rings (SSSR count). The first-order valence-electron chi connectivity index (χ1n) is 8.19. The number of amides is 1. The Hall–Kier alpha value is -2.33. The largest absolute Gasteiger partial charge is 0.493 e.